The molecule has 0 aliphatic carbocycles. The number of likely N-dealkylation sites (N-methyl/N-ethyl adjacent to an activating group) is 1. The number of carbonyl (C=O) groups is 1. The maximum absolute atomic E-state index is 12.4. The molecule has 0 radical (unpaired) electrons. The first-order valence-corrected chi connectivity index (χ1v) is 9.39. The number of para-hydroxylation sites is 2. The first kappa shape index (κ1) is 19.6. The molecule has 0 atom stereocenters. The van der Waals surface area contributed by atoms with Gasteiger partial charge in [-0.15, -0.1) is 11.3 Å². The van der Waals surface area contributed by atoms with Crippen molar-refractivity contribution in [2.24, 2.45) is 0 Å². The van der Waals surface area contributed by atoms with Crippen LogP contribution in [-0.4, -0.2) is 38.8 Å². The van der Waals surface area contributed by atoms with Gasteiger partial charge in [-0.1, -0.05) is 23.7 Å². The lowest BCUT2D eigenvalue weighted by atomic mass is 10.3. The molecule has 1 amide bonds. The summed E-state index contributed by atoms with van der Waals surface area (Å²) >= 11 is 6.59. The first-order chi connectivity index (χ1) is 11.7. The number of nitrogens with one attached hydrogen (secondary N) is 1. The number of amides is 1. The van der Waals surface area contributed by atoms with Crippen LogP contribution in [-0.2, 0) is 14.8 Å². The minimum Gasteiger partial charge on any atom is -0.433 e. The fourth-order valence-corrected chi connectivity index (χ4v) is 4.66. The highest BCUT2D eigenvalue weighted by Gasteiger charge is 2.25. The van der Waals surface area contributed by atoms with Gasteiger partial charge in [0.1, 0.15) is 9.96 Å². The zero-order valence-corrected chi connectivity index (χ0v) is 15.2. The maximum atomic E-state index is 12.4. The van der Waals surface area contributed by atoms with E-state index in [0.717, 1.165) is 15.6 Å². The molecule has 25 heavy (non-hydrogen) atoms. The van der Waals surface area contributed by atoms with Crippen molar-refractivity contribution in [1.29, 1.82) is 0 Å². The van der Waals surface area contributed by atoms with Gasteiger partial charge in [0.25, 0.3) is 10.0 Å². The molecule has 0 aliphatic rings. The predicted molar refractivity (Wildman–Crippen MR) is 90.8 cm³/mol. The molecule has 2 rings (SSSR count). The second-order valence-electron chi connectivity index (χ2n) is 4.74. The van der Waals surface area contributed by atoms with E-state index in [1.807, 2.05) is 0 Å². The molecular formula is C14H13ClF2N2O4S2. The average molecular weight is 411 g/mol. The van der Waals surface area contributed by atoms with Crippen molar-refractivity contribution in [1.82, 2.24) is 4.31 Å². The largest absolute Gasteiger partial charge is 0.433 e. The van der Waals surface area contributed by atoms with Crippen LogP contribution < -0.4 is 10.1 Å². The van der Waals surface area contributed by atoms with E-state index < -0.39 is 29.1 Å². The third kappa shape index (κ3) is 5.11. The van der Waals surface area contributed by atoms with Gasteiger partial charge in [0.15, 0.2) is 0 Å². The second kappa shape index (κ2) is 8.09. The maximum Gasteiger partial charge on any atom is 0.387 e. The third-order valence-corrected chi connectivity index (χ3v) is 6.46. The van der Waals surface area contributed by atoms with Crippen molar-refractivity contribution in [3.05, 3.63) is 40.7 Å². The highest BCUT2D eigenvalue weighted by molar-refractivity contribution is 7.91. The minimum absolute atomic E-state index is 0.00534. The highest BCUT2D eigenvalue weighted by atomic mass is 35.5. The van der Waals surface area contributed by atoms with E-state index in [0.29, 0.717) is 4.34 Å². The molecule has 2 aromatic rings. The van der Waals surface area contributed by atoms with Crippen LogP contribution in [0.4, 0.5) is 14.5 Å². The SMILES string of the molecule is CN(CC(=O)Nc1ccccc1OC(F)F)S(=O)(=O)c1ccc(Cl)s1. The quantitative estimate of drug-likeness (QED) is 0.760. The van der Waals surface area contributed by atoms with Gasteiger partial charge in [-0.05, 0) is 24.3 Å². The van der Waals surface area contributed by atoms with Crippen molar-refractivity contribution in [3.8, 4) is 5.75 Å². The Hall–Kier alpha value is -1.75. The zero-order chi connectivity index (χ0) is 18.6. The van der Waals surface area contributed by atoms with Crippen LogP contribution >= 0.6 is 22.9 Å². The number of nitrogens with zero attached hydrogens (tertiary/aromatic N) is 1. The Morgan fingerprint density at radius 2 is 2.00 bits per heavy atom. The van der Waals surface area contributed by atoms with Gasteiger partial charge in [-0.25, -0.2) is 8.42 Å². The summed E-state index contributed by atoms with van der Waals surface area (Å²) in [7, 11) is -2.65. The summed E-state index contributed by atoms with van der Waals surface area (Å²) in [4.78, 5) is 12.1. The summed E-state index contributed by atoms with van der Waals surface area (Å²) in [6.07, 6.45) is 0. The second-order valence-corrected chi connectivity index (χ2v) is 8.73. The molecule has 0 saturated heterocycles. The Bertz CT molecular complexity index is 858. The monoisotopic (exact) mass is 410 g/mol. The van der Waals surface area contributed by atoms with Crippen molar-refractivity contribution in [2.45, 2.75) is 10.8 Å². The van der Waals surface area contributed by atoms with Crippen LogP contribution in [0, 0.1) is 0 Å². The van der Waals surface area contributed by atoms with Crippen LogP contribution in [0.5, 0.6) is 5.75 Å². The molecule has 0 unspecified atom stereocenters. The molecular weight excluding hydrogens is 398 g/mol. The Balaban J connectivity index is 2.08. The lowest BCUT2D eigenvalue weighted by Crippen LogP contribution is -2.34. The normalized spacial score (nSPS) is 11.8. The van der Waals surface area contributed by atoms with E-state index in [4.69, 9.17) is 11.6 Å². The van der Waals surface area contributed by atoms with Crippen molar-refractivity contribution >= 4 is 44.6 Å². The molecule has 1 aromatic carbocycles. The Kier molecular flexibility index (Phi) is 6.33. The number of thiophene rings is 1. The van der Waals surface area contributed by atoms with Crippen molar-refractivity contribution in [2.75, 3.05) is 18.9 Å². The van der Waals surface area contributed by atoms with Gasteiger partial charge in [-0.3, -0.25) is 4.79 Å². The number of benzene rings is 1. The van der Waals surface area contributed by atoms with Crippen LogP contribution in [0.15, 0.2) is 40.6 Å². The summed E-state index contributed by atoms with van der Waals surface area (Å²) in [5.74, 6) is -0.930. The fraction of sp³-hybridized carbons (Fsp3) is 0.214. The van der Waals surface area contributed by atoms with Crippen LogP contribution in [0.1, 0.15) is 0 Å². The van der Waals surface area contributed by atoms with Gasteiger partial charge in [0, 0.05) is 7.05 Å². The van der Waals surface area contributed by atoms with Crippen LogP contribution in [0.3, 0.4) is 0 Å². The predicted octanol–water partition coefficient (Wildman–Crippen LogP) is 3.26. The topological polar surface area (TPSA) is 75.7 Å². The molecule has 1 heterocycles. The van der Waals surface area contributed by atoms with Crippen LogP contribution in [0.25, 0.3) is 0 Å². The summed E-state index contributed by atoms with van der Waals surface area (Å²) < 4.78 is 54.8. The van der Waals surface area contributed by atoms with E-state index in [1.54, 1.807) is 0 Å². The number of ether oxygens (including phenoxy) is 1. The van der Waals surface area contributed by atoms with Gasteiger partial charge in [-0.2, -0.15) is 13.1 Å². The third-order valence-electron chi connectivity index (χ3n) is 2.96. The van der Waals surface area contributed by atoms with E-state index in [2.05, 4.69) is 10.1 Å². The Morgan fingerprint density at radius 1 is 1.32 bits per heavy atom. The fourth-order valence-electron chi connectivity index (χ4n) is 1.84. The Labute approximate surface area is 152 Å². The number of halogens is 3. The lowest BCUT2D eigenvalue weighted by molar-refractivity contribution is -0.116. The van der Waals surface area contributed by atoms with Gasteiger partial charge in [0.05, 0.1) is 16.6 Å². The molecule has 11 heteroatoms. The zero-order valence-electron chi connectivity index (χ0n) is 12.8. The van der Waals surface area contributed by atoms with Crippen molar-refractivity contribution < 1.29 is 26.7 Å². The van der Waals surface area contributed by atoms with Gasteiger partial charge >= 0.3 is 6.61 Å². The number of hydrogen-bond donors (Lipinski definition) is 1. The first-order valence-electron chi connectivity index (χ1n) is 6.75. The molecule has 0 bridgehead atoms. The lowest BCUT2D eigenvalue weighted by Gasteiger charge is -2.16. The van der Waals surface area contributed by atoms with Gasteiger partial charge in [0.2, 0.25) is 5.91 Å². The summed E-state index contributed by atoms with van der Waals surface area (Å²) in [5, 5.41) is 2.35. The van der Waals surface area contributed by atoms with E-state index in [9.17, 15) is 22.0 Å². The molecule has 0 fully saturated rings. The van der Waals surface area contributed by atoms with E-state index in [1.165, 1.54) is 43.4 Å². The molecule has 0 saturated carbocycles. The average Bonchev–Trinajstić information content (AvgIpc) is 2.96. The smallest absolute Gasteiger partial charge is 0.387 e. The Morgan fingerprint density at radius 3 is 2.60 bits per heavy atom. The molecule has 136 valence electrons. The van der Waals surface area contributed by atoms with Gasteiger partial charge < -0.3 is 10.1 Å². The number of rotatable bonds is 7. The van der Waals surface area contributed by atoms with E-state index >= 15 is 0 Å². The number of carbonyl (C=O) groups excluding carboxylic acids is 1. The minimum atomic E-state index is -3.88. The highest BCUT2D eigenvalue weighted by Crippen LogP contribution is 2.28. The molecule has 0 spiro atoms. The molecule has 1 N–H and O–H groups in total. The molecule has 0 aliphatic heterocycles. The van der Waals surface area contributed by atoms with Crippen molar-refractivity contribution in [3.63, 3.8) is 0 Å². The molecule has 1 aromatic heterocycles. The number of hydrogen-bond acceptors (Lipinski definition) is 5. The summed E-state index contributed by atoms with van der Waals surface area (Å²) in [6, 6.07) is 8.37. The van der Waals surface area contributed by atoms with Crippen LogP contribution in [0.2, 0.25) is 4.34 Å². The number of sulfonamides is 1. The van der Waals surface area contributed by atoms with E-state index in [-0.39, 0.29) is 15.6 Å². The number of anilines is 1. The standard InChI is InChI=1S/C14H13ClF2N2O4S2/c1-19(25(21,22)13-7-6-11(15)24-13)8-12(20)18-9-4-2-3-5-10(9)23-14(16)17/h2-7,14H,8H2,1H3,(H,18,20). The summed E-state index contributed by atoms with van der Waals surface area (Å²) in [5.41, 5.74) is 0.0118. The number of alkyl halides is 2. The summed E-state index contributed by atoms with van der Waals surface area (Å²) in [6.45, 7) is -3.56. The molecule has 6 nitrogen and oxygen atoms in total.